The monoisotopic (exact) mass is 436 g/mol. The molecule has 9 heteroatoms. The number of urea groups is 2. The van der Waals surface area contributed by atoms with Crippen LogP contribution in [0.25, 0.3) is 0 Å². The number of carbonyl (C=O) groups excluding carboxylic acids is 2. The molecule has 0 saturated carbocycles. The zero-order chi connectivity index (χ0) is 23.2. The zero-order valence-corrected chi connectivity index (χ0v) is 17.9. The molecule has 0 aliphatic rings. The Morgan fingerprint density at radius 3 is 2.23 bits per heavy atom. The molecule has 168 valence electrons. The second kappa shape index (κ2) is 9.72. The molecule has 0 radical (unpaired) electrons. The summed E-state index contributed by atoms with van der Waals surface area (Å²) in [5.74, 6) is 0. The highest BCUT2D eigenvalue weighted by Crippen LogP contribution is 2.31. The van der Waals surface area contributed by atoms with E-state index in [0.717, 1.165) is 22.6 Å². The van der Waals surface area contributed by atoms with Gasteiger partial charge in [0, 0.05) is 30.0 Å². The number of rotatable bonds is 5. The van der Waals surface area contributed by atoms with Gasteiger partial charge >= 0.3 is 18.2 Å². The lowest BCUT2D eigenvalue weighted by Crippen LogP contribution is -2.49. The van der Waals surface area contributed by atoms with Crippen molar-refractivity contribution in [1.82, 2.24) is 10.6 Å². The van der Waals surface area contributed by atoms with Crippen molar-refractivity contribution in [1.29, 1.82) is 0 Å². The number of benzene rings is 2. The molecule has 2 rings (SSSR count). The number of amides is 4. The highest BCUT2D eigenvalue weighted by Gasteiger charge is 2.31. The molecule has 4 amide bonds. The van der Waals surface area contributed by atoms with Gasteiger partial charge in [-0.1, -0.05) is 23.8 Å². The van der Waals surface area contributed by atoms with Crippen LogP contribution in [0.3, 0.4) is 0 Å². The highest BCUT2D eigenvalue weighted by atomic mass is 19.4. The summed E-state index contributed by atoms with van der Waals surface area (Å²) in [6.07, 6.45) is -4.54. The predicted molar refractivity (Wildman–Crippen MR) is 115 cm³/mol. The van der Waals surface area contributed by atoms with E-state index in [1.165, 1.54) is 12.1 Å². The van der Waals surface area contributed by atoms with Gasteiger partial charge in [0.25, 0.3) is 0 Å². The number of hydrogen-bond acceptors (Lipinski definition) is 2. The van der Waals surface area contributed by atoms with Gasteiger partial charge in [0.2, 0.25) is 0 Å². The van der Waals surface area contributed by atoms with Crippen molar-refractivity contribution in [3.05, 3.63) is 59.7 Å². The molecule has 0 atom stereocenters. The first-order valence-electron chi connectivity index (χ1n) is 9.73. The SMILES string of the molecule is Cc1ccc(NC(=O)N(CCNC(=O)NC(C)(C)C)c2cccc(C(F)(F)F)c2)cc1. The zero-order valence-electron chi connectivity index (χ0n) is 17.9. The molecule has 31 heavy (non-hydrogen) atoms. The largest absolute Gasteiger partial charge is 0.416 e. The first-order chi connectivity index (χ1) is 14.3. The average Bonchev–Trinajstić information content (AvgIpc) is 2.65. The maximum atomic E-state index is 13.1. The highest BCUT2D eigenvalue weighted by molar-refractivity contribution is 6.01. The van der Waals surface area contributed by atoms with Crippen LogP contribution in [0.5, 0.6) is 0 Å². The lowest BCUT2D eigenvalue weighted by Gasteiger charge is -2.25. The third kappa shape index (κ3) is 7.84. The van der Waals surface area contributed by atoms with Crippen LogP contribution in [0.2, 0.25) is 0 Å². The summed E-state index contributed by atoms with van der Waals surface area (Å²) in [5.41, 5.74) is 0.259. The first-order valence-corrected chi connectivity index (χ1v) is 9.73. The Balaban J connectivity index is 2.19. The molecule has 0 aliphatic heterocycles. The van der Waals surface area contributed by atoms with Gasteiger partial charge in [-0.05, 0) is 58.0 Å². The Bertz CT molecular complexity index is 906. The fraction of sp³-hybridized carbons (Fsp3) is 0.364. The predicted octanol–water partition coefficient (Wildman–Crippen LogP) is 5.15. The van der Waals surface area contributed by atoms with Gasteiger partial charge in [-0.2, -0.15) is 13.2 Å². The van der Waals surface area contributed by atoms with E-state index >= 15 is 0 Å². The van der Waals surface area contributed by atoms with Gasteiger partial charge in [-0.15, -0.1) is 0 Å². The smallest absolute Gasteiger partial charge is 0.336 e. The average molecular weight is 436 g/mol. The van der Waals surface area contributed by atoms with Crippen molar-refractivity contribution in [2.24, 2.45) is 0 Å². The summed E-state index contributed by atoms with van der Waals surface area (Å²) in [4.78, 5) is 26.0. The molecule has 0 aliphatic carbocycles. The van der Waals surface area contributed by atoms with Crippen LogP contribution in [-0.4, -0.2) is 30.7 Å². The van der Waals surface area contributed by atoms with E-state index in [0.29, 0.717) is 5.69 Å². The number of nitrogens with one attached hydrogen (secondary N) is 3. The lowest BCUT2D eigenvalue weighted by molar-refractivity contribution is -0.137. The molecule has 0 bridgehead atoms. The van der Waals surface area contributed by atoms with Gasteiger partial charge < -0.3 is 16.0 Å². The summed E-state index contributed by atoms with van der Waals surface area (Å²) in [6.45, 7) is 7.36. The van der Waals surface area contributed by atoms with Crippen molar-refractivity contribution >= 4 is 23.4 Å². The van der Waals surface area contributed by atoms with Crippen molar-refractivity contribution < 1.29 is 22.8 Å². The van der Waals surface area contributed by atoms with E-state index in [1.807, 2.05) is 39.8 Å². The molecule has 0 spiro atoms. The molecule has 3 N–H and O–H groups in total. The number of halogens is 3. The van der Waals surface area contributed by atoms with Gasteiger partial charge in [-0.25, -0.2) is 9.59 Å². The van der Waals surface area contributed by atoms with Gasteiger partial charge in [-0.3, -0.25) is 4.90 Å². The van der Waals surface area contributed by atoms with Crippen molar-refractivity contribution in [3.63, 3.8) is 0 Å². The Hall–Kier alpha value is -3.23. The summed E-state index contributed by atoms with van der Waals surface area (Å²) in [5, 5.41) is 8.01. The minimum Gasteiger partial charge on any atom is -0.336 e. The molecule has 2 aromatic rings. The summed E-state index contributed by atoms with van der Waals surface area (Å²) in [6, 6.07) is 10.5. The van der Waals surface area contributed by atoms with Crippen LogP contribution in [0.15, 0.2) is 48.5 Å². The standard InChI is InChI=1S/C22H27F3N4O2/c1-15-8-10-17(11-9-15)27-20(31)29(13-12-26-19(30)28-21(2,3)4)18-7-5-6-16(14-18)22(23,24)25/h5-11,14H,12-13H2,1-4H3,(H,27,31)(H2,26,28,30). The molecule has 6 nitrogen and oxygen atoms in total. The third-order valence-electron chi connectivity index (χ3n) is 4.14. The molecule has 0 aromatic heterocycles. The number of anilines is 2. The number of hydrogen-bond donors (Lipinski definition) is 3. The summed E-state index contributed by atoms with van der Waals surface area (Å²) < 4.78 is 39.4. The van der Waals surface area contributed by atoms with Crippen molar-refractivity contribution in [2.45, 2.75) is 39.4 Å². The Labute approximate surface area is 179 Å². The fourth-order valence-electron chi connectivity index (χ4n) is 2.69. The van der Waals surface area contributed by atoms with Crippen molar-refractivity contribution in [2.75, 3.05) is 23.3 Å². The maximum Gasteiger partial charge on any atom is 0.416 e. The molecule has 0 saturated heterocycles. The van der Waals surface area contributed by atoms with E-state index in [9.17, 15) is 22.8 Å². The summed E-state index contributed by atoms with van der Waals surface area (Å²) >= 11 is 0. The van der Waals surface area contributed by atoms with Crippen LogP contribution >= 0.6 is 0 Å². The van der Waals surface area contributed by atoms with Crippen LogP contribution < -0.4 is 20.9 Å². The number of nitrogens with zero attached hydrogens (tertiary/aromatic N) is 1. The normalized spacial score (nSPS) is 11.6. The first kappa shape index (κ1) is 24.0. The van der Waals surface area contributed by atoms with Gasteiger partial charge in [0.05, 0.1) is 5.56 Å². The van der Waals surface area contributed by atoms with Crippen LogP contribution in [0.4, 0.5) is 34.1 Å². The second-order valence-electron chi connectivity index (χ2n) is 8.13. The molecular formula is C22H27F3N4O2. The molecular weight excluding hydrogens is 409 g/mol. The number of alkyl halides is 3. The number of carbonyl (C=O) groups is 2. The second-order valence-corrected chi connectivity index (χ2v) is 8.13. The van der Waals surface area contributed by atoms with Crippen molar-refractivity contribution in [3.8, 4) is 0 Å². The quantitative estimate of drug-likeness (QED) is 0.607. The fourth-order valence-corrected chi connectivity index (χ4v) is 2.69. The van der Waals surface area contributed by atoms with Crippen LogP contribution in [0.1, 0.15) is 31.9 Å². The van der Waals surface area contributed by atoms with Gasteiger partial charge in [0.1, 0.15) is 0 Å². The number of aryl methyl sites for hydroxylation is 1. The van der Waals surface area contributed by atoms with E-state index < -0.39 is 29.3 Å². The van der Waals surface area contributed by atoms with E-state index in [1.54, 1.807) is 12.1 Å². The maximum absolute atomic E-state index is 13.1. The Kier molecular flexibility index (Phi) is 7.54. The van der Waals surface area contributed by atoms with Crippen LogP contribution in [0, 0.1) is 6.92 Å². The minimum absolute atomic E-state index is 0.0312. The molecule has 0 heterocycles. The minimum atomic E-state index is -4.54. The topological polar surface area (TPSA) is 73.5 Å². The molecule has 0 fully saturated rings. The van der Waals surface area contributed by atoms with E-state index in [4.69, 9.17) is 0 Å². The van der Waals surface area contributed by atoms with Gasteiger partial charge in [0.15, 0.2) is 0 Å². The van der Waals surface area contributed by atoms with E-state index in [2.05, 4.69) is 16.0 Å². The lowest BCUT2D eigenvalue weighted by atomic mass is 10.1. The Morgan fingerprint density at radius 1 is 1.00 bits per heavy atom. The molecule has 2 aromatic carbocycles. The van der Waals surface area contributed by atoms with Crippen LogP contribution in [-0.2, 0) is 6.18 Å². The summed E-state index contributed by atoms with van der Waals surface area (Å²) in [7, 11) is 0. The third-order valence-corrected chi connectivity index (χ3v) is 4.14. The Morgan fingerprint density at radius 2 is 1.65 bits per heavy atom. The molecule has 0 unspecified atom stereocenters. The van der Waals surface area contributed by atoms with E-state index in [-0.39, 0.29) is 18.8 Å².